The van der Waals surface area contributed by atoms with E-state index in [1.54, 1.807) is 0 Å². The fraction of sp³-hybridized carbons (Fsp3) is 0.385. The minimum Gasteiger partial charge on any atom is -0.444 e. The molecule has 0 heterocycles. The summed E-state index contributed by atoms with van der Waals surface area (Å²) in [6, 6.07) is 8.56. The predicted octanol–water partition coefficient (Wildman–Crippen LogP) is 1.57. The van der Waals surface area contributed by atoms with Crippen LogP contribution in [0.3, 0.4) is 0 Å². The highest BCUT2D eigenvalue weighted by Gasteiger charge is 2.15. The number of ether oxygens (including phenoxy) is 1. The number of alkyl carbamates (subject to hydrolysis) is 1. The van der Waals surface area contributed by atoms with E-state index < -0.39 is 18.0 Å². The molecule has 1 aromatic rings. The van der Waals surface area contributed by atoms with Gasteiger partial charge < -0.3 is 10.5 Å². The normalized spacial score (nSPS) is 11.7. The Morgan fingerprint density at radius 2 is 2.00 bits per heavy atom. The monoisotopic (exact) mass is 250 g/mol. The molecule has 0 spiro atoms. The number of nitrogens with one attached hydrogen (secondary N) is 1. The number of nitrogens with two attached hydrogens (primary N) is 1. The lowest BCUT2D eigenvalue weighted by Crippen LogP contribution is -2.43. The molecule has 2 amide bonds. The molecular weight excluding hydrogens is 232 g/mol. The first-order chi connectivity index (χ1) is 8.63. The molecule has 3 N–H and O–H groups in total. The molecule has 0 saturated heterocycles. The van der Waals surface area contributed by atoms with Crippen LogP contribution in [-0.4, -0.2) is 18.0 Å². The largest absolute Gasteiger partial charge is 0.444 e. The van der Waals surface area contributed by atoms with E-state index in [0.29, 0.717) is 6.42 Å². The molecular formula is C13H18N2O3. The van der Waals surface area contributed by atoms with Gasteiger partial charge >= 0.3 is 6.09 Å². The van der Waals surface area contributed by atoms with Gasteiger partial charge in [0.05, 0.1) is 6.04 Å². The molecule has 1 rings (SSSR count). The zero-order valence-electron chi connectivity index (χ0n) is 10.4. The molecule has 0 bridgehead atoms. The second kappa shape index (κ2) is 7.45. The molecule has 0 aromatic heterocycles. The van der Waals surface area contributed by atoms with Crippen molar-refractivity contribution in [1.82, 2.24) is 5.32 Å². The third-order valence-electron chi connectivity index (χ3n) is 2.37. The summed E-state index contributed by atoms with van der Waals surface area (Å²) in [5.74, 6) is -0.505. The quantitative estimate of drug-likeness (QED) is 0.831. The van der Waals surface area contributed by atoms with E-state index in [0.717, 1.165) is 12.0 Å². The Kier molecular flexibility index (Phi) is 5.87. The number of hydrogen-bond acceptors (Lipinski definition) is 4. The first-order valence-electron chi connectivity index (χ1n) is 5.90. The second-order valence-corrected chi connectivity index (χ2v) is 3.95. The molecule has 0 aliphatic carbocycles. The van der Waals surface area contributed by atoms with Crippen LogP contribution in [0, 0.1) is 0 Å². The van der Waals surface area contributed by atoms with Crippen LogP contribution in [0.2, 0.25) is 0 Å². The average Bonchev–Trinajstić information content (AvgIpc) is 2.38. The van der Waals surface area contributed by atoms with Crippen molar-refractivity contribution in [2.24, 2.45) is 5.73 Å². The summed E-state index contributed by atoms with van der Waals surface area (Å²) in [5.41, 5.74) is 6.42. The first kappa shape index (κ1) is 14.2. The molecule has 0 aliphatic rings. The van der Waals surface area contributed by atoms with Crippen LogP contribution in [0.1, 0.15) is 25.3 Å². The van der Waals surface area contributed by atoms with Gasteiger partial charge in [0.2, 0.25) is 5.91 Å². The zero-order chi connectivity index (χ0) is 13.4. The number of imide groups is 1. The van der Waals surface area contributed by atoms with Crippen molar-refractivity contribution < 1.29 is 14.3 Å². The fourth-order valence-corrected chi connectivity index (χ4v) is 1.39. The van der Waals surface area contributed by atoms with E-state index in [2.05, 4.69) is 5.32 Å². The van der Waals surface area contributed by atoms with Crippen LogP contribution >= 0.6 is 0 Å². The first-order valence-corrected chi connectivity index (χ1v) is 5.90. The summed E-state index contributed by atoms with van der Waals surface area (Å²) in [7, 11) is 0. The Bertz CT molecular complexity index is 392. The summed E-state index contributed by atoms with van der Waals surface area (Å²) in [6.07, 6.45) is 0.557. The number of carbonyl (C=O) groups is 2. The van der Waals surface area contributed by atoms with Gasteiger partial charge in [0.1, 0.15) is 6.61 Å². The van der Waals surface area contributed by atoms with E-state index in [9.17, 15) is 9.59 Å². The Morgan fingerprint density at radius 3 is 2.61 bits per heavy atom. The van der Waals surface area contributed by atoms with E-state index in [4.69, 9.17) is 10.5 Å². The van der Waals surface area contributed by atoms with Crippen molar-refractivity contribution in [2.75, 3.05) is 0 Å². The SMILES string of the molecule is CCC[C@H](N)C(=O)NC(=O)OCc1ccccc1. The molecule has 1 atom stereocenters. The summed E-state index contributed by atoms with van der Waals surface area (Å²) < 4.78 is 4.90. The van der Waals surface area contributed by atoms with Gasteiger partial charge in [0, 0.05) is 0 Å². The van der Waals surface area contributed by atoms with Crippen LogP contribution in [0.25, 0.3) is 0 Å². The lowest BCUT2D eigenvalue weighted by Gasteiger charge is -2.10. The van der Waals surface area contributed by atoms with Crippen molar-refractivity contribution in [3.05, 3.63) is 35.9 Å². The maximum Gasteiger partial charge on any atom is 0.414 e. The third kappa shape index (κ3) is 4.97. The molecule has 0 radical (unpaired) electrons. The topological polar surface area (TPSA) is 81.4 Å². The molecule has 98 valence electrons. The average molecular weight is 250 g/mol. The number of benzene rings is 1. The van der Waals surface area contributed by atoms with Gasteiger partial charge in [-0.2, -0.15) is 0 Å². The molecule has 18 heavy (non-hydrogen) atoms. The third-order valence-corrected chi connectivity index (χ3v) is 2.37. The standard InChI is InChI=1S/C13H18N2O3/c1-2-6-11(14)12(16)15-13(17)18-9-10-7-4-3-5-8-10/h3-5,7-8,11H,2,6,9,14H2,1H3,(H,15,16,17)/t11-/m0/s1. The molecule has 0 fully saturated rings. The van der Waals surface area contributed by atoms with Crippen molar-refractivity contribution in [1.29, 1.82) is 0 Å². The lowest BCUT2D eigenvalue weighted by molar-refractivity contribution is -0.121. The molecule has 5 nitrogen and oxygen atoms in total. The number of hydrogen-bond donors (Lipinski definition) is 2. The highest BCUT2D eigenvalue weighted by atomic mass is 16.5. The van der Waals surface area contributed by atoms with Crippen molar-refractivity contribution in [3.8, 4) is 0 Å². The van der Waals surface area contributed by atoms with Crippen molar-refractivity contribution in [3.63, 3.8) is 0 Å². The van der Waals surface area contributed by atoms with Crippen LogP contribution in [0.15, 0.2) is 30.3 Å². The van der Waals surface area contributed by atoms with Crippen LogP contribution < -0.4 is 11.1 Å². The van der Waals surface area contributed by atoms with Gasteiger partial charge in [0.25, 0.3) is 0 Å². The molecule has 5 heteroatoms. The molecule has 0 unspecified atom stereocenters. The number of rotatable bonds is 5. The molecule has 1 aromatic carbocycles. The fourth-order valence-electron chi connectivity index (χ4n) is 1.39. The van der Waals surface area contributed by atoms with Crippen molar-refractivity contribution >= 4 is 12.0 Å². The van der Waals surface area contributed by atoms with Gasteiger partial charge in [-0.25, -0.2) is 4.79 Å². The minimum atomic E-state index is -0.768. The minimum absolute atomic E-state index is 0.128. The molecule has 0 aliphatic heterocycles. The van der Waals surface area contributed by atoms with Gasteiger partial charge in [-0.15, -0.1) is 0 Å². The number of amides is 2. The second-order valence-electron chi connectivity index (χ2n) is 3.95. The Labute approximate surface area is 106 Å². The van der Waals surface area contributed by atoms with E-state index in [1.165, 1.54) is 0 Å². The van der Waals surface area contributed by atoms with Gasteiger partial charge in [-0.3, -0.25) is 10.1 Å². The van der Waals surface area contributed by atoms with E-state index in [-0.39, 0.29) is 6.61 Å². The van der Waals surface area contributed by atoms with E-state index >= 15 is 0 Å². The lowest BCUT2D eigenvalue weighted by atomic mass is 10.2. The summed E-state index contributed by atoms with van der Waals surface area (Å²) >= 11 is 0. The molecule has 0 saturated carbocycles. The van der Waals surface area contributed by atoms with Crippen LogP contribution in [0.4, 0.5) is 4.79 Å². The Balaban J connectivity index is 2.32. The Morgan fingerprint density at radius 1 is 1.33 bits per heavy atom. The highest BCUT2D eigenvalue weighted by molar-refractivity contribution is 5.94. The summed E-state index contributed by atoms with van der Waals surface area (Å²) in [6.45, 7) is 2.05. The Hall–Kier alpha value is -1.88. The maximum absolute atomic E-state index is 11.4. The van der Waals surface area contributed by atoms with Gasteiger partial charge in [-0.05, 0) is 12.0 Å². The van der Waals surface area contributed by atoms with Crippen molar-refractivity contribution in [2.45, 2.75) is 32.4 Å². The van der Waals surface area contributed by atoms with Gasteiger partial charge in [-0.1, -0.05) is 43.7 Å². The van der Waals surface area contributed by atoms with Gasteiger partial charge in [0.15, 0.2) is 0 Å². The maximum atomic E-state index is 11.4. The summed E-state index contributed by atoms with van der Waals surface area (Å²) in [5, 5.41) is 2.11. The predicted molar refractivity (Wildman–Crippen MR) is 67.7 cm³/mol. The summed E-state index contributed by atoms with van der Waals surface area (Å²) in [4.78, 5) is 22.7. The highest BCUT2D eigenvalue weighted by Crippen LogP contribution is 2.00. The van der Waals surface area contributed by atoms with Crippen LogP contribution in [0.5, 0.6) is 0 Å². The number of carbonyl (C=O) groups excluding carboxylic acids is 2. The smallest absolute Gasteiger partial charge is 0.414 e. The zero-order valence-corrected chi connectivity index (χ0v) is 10.4. The van der Waals surface area contributed by atoms with Crippen LogP contribution in [-0.2, 0) is 16.1 Å². The van der Waals surface area contributed by atoms with E-state index in [1.807, 2.05) is 37.3 Å².